The summed E-state index contributed by atoms with van der Waals surface area (Å²) in [6.07, 6.45) is -1.05. The number of hydrogen-bond donors (Lipinski definition) is 2. The Labute approximate surface area is 176 Å². The Balaban J connectivity index is 1.76. The third-order valence-corrected chi connectivity index (χ3v) is 4.68. The Bertz CT molecular complexity index is 919. The van der Waals surface area contributed by atoms with Gasteiger partial charge in [-0.2, -0.15) is 0 Å². The average Bonchev–Trinajstić information content (AvgIpc) is 2.69. The van der Waals surface area contributed by atoms with Crippen LogP contribution < -0.4 is 15.4 Å². The number of amides is 2. The topological polar surface area (TPSA) is 93.7 Å². The van der Waals surface area contributed by atoms with Crippen molar-refractivity contribution in [2.75, 3.05) is 18.5 Å². The van der Waals surface area contributed by atoms with Crippen molar-refractivity contribution in [1.29, 1.82) is 0 Å². The van der Waals surface area contributed by atoms with Gasteiger partial charge in [0.1, 0.15) is 5.75 Å². The molecule has 2 rings (SSSR count). The van der Waals surface area contributed by atoms with E-state index in [4.69, 9.17) is 9.47 Å². The number of carbonyl (C=O) groups excluding carboxylic acids is 3. The zero-order valence-electron chi connectivity index (χ0n) is 18.0. The first-order chi connectivity index (χ1) is 14.2. The minimum Gasteiger partial charge on any atom is -0.482 e. The van der Waals surface area contributed by atoms with Gasteiger partial charge in [-0.3, -0.25) is 9.59 Å². The van der Waals surface area contributed by atoms with Crippen LogP contribution in [0.3, 0.4) is 0 Å². The number of para-hydroxylation sites is 1. The van der Waals surface area contributed by atoms with E-state index in [0.717, 1.165) is 27.9 Å². The molecular weight excluding hydrogens is 384 g/mol. The van der Waals surface area contributed by atoms with Gasteiger partial charge >= 0.3 is 5.97 Å². The fourth-order valence-electron chi connectivity index (χ4n) is 2.74. The summed E-state index contributed by atoms with van der Waals surface area (Å²) in [4.78, 5) is 36.2. The lowest BCUT2D eigenvalue weighted by Crippen LogP contribution is -2.40. The van der Waals surface area contributed by atoms with Gasteiger partial charge in [0.05, 0.1) is 6.54 Å². The maximum atomic E-state index is 12.1. The van der Waals surface area contributed by atoms with Crippen LogP contribution in [0.1, 0.15) is 29.2 Å². The third kappa shape index (κ3) is 6.62. The summed E-state index contributed by atoms with van der Waals surface area (Å²) in [7, 11) is 0. The summed E-state index contributed by atoms with van der Waals surface area (Å²) in [6, 6.07) is 11.2. The molecule has 0 aliphatic heterocycles. The first kappa shape index (κ1) is 22.9. The molecule has 2 N–H and O–H groups in total. The van der Waals surface area contributed by atoms with E-state index >= 15 is 0 Å². The summed E-state index contributed by atoms with van der Waals surface area (Å²) in [5, 5.41) is 5.24. The van der Waals surface area contributed by atoms with Crippen molar-refractivity contribution < 1.29 is 23.9 Å². The van der Waals surface area contributed by atoms with Gasteiger partial charge in [-0.15, -0.1) is 0 Å². The molecule has 2 aromatic carbocycles. The molecule has 0 heterocycles. The van der Waals surface area contributed by atoms with Crippen LogP contribution in [0.2, 0.25) is 0 Å². The van der Waals surface area contributed by atoms with Crippen LogP contribution >= 0.6 is 0 Å². The zero-order valence-corrected chi connectivity index (χ0v) is 18.0. The van der Waals surface area contributed by atoms with Crippen molar-refractivity contribution >= 4 is 23.5 Å². The number of esters is 1. The summed E-state index contributed by atoms with van der Waals surface area (Å²) in [6.45, 7) is 8.61. The summed E-state index contributed by atoms with van der Waals surface area (Å²) >= 11 is 0. The lowest BCUT2D eigenvalue weighted by molar-refractivity contribution is -0.156. The van der Waals surface area contributed by atoms with E-state index in [9.17, 15) is 14.4 Å². The maximum absolute atomic E-state index is 12.1. The molecule has 7 heteroatoms. The van der Waals surface area contributed by atoms with Gasteiger partial charge in [0.25, 0.3) is 5.91 Å². The third-order valence-electron chi connectivity index (χ3n) is 4.68. The highest BCUT2D eigenvalue weighted by Gasteiger charge is 2.19. The van der Waals surface area contributed by atoms with E-state index in [0.29, 0.717) is 5.75 Å². The SMILES string of the molecule is Cc1ccc(OCC(=O)OC(C)C(=O)NCC(=O)Nc2c(C)cccc2C)cc1C. The largest absolute Gasteiger partial charge is 0.482 e. The molecule has 2 amide bonds. The molecule has 7 nitrogen and oxygen atoms in total. The Kier molecular flexibility index (Phi) is 7.98. The molecule has 0 aliphatic carbocycles. The molecule has 0 spiro atoms. The predicted molar refractivity (Wildman–Crippen MR) is 115 cm³/mol. The first-order valence-corrected chi connectivity index (χ1v) is 9.70. The Hall–Kier alpha value is -3.35. The second-order valence-electron chi connectivity index (χ2n) is 7.20. The maximum Gasteiger partial charge on any atom is 0.344 e. The van der Waals surface area contributed by atoms with Crippen molar-refractivity contribution in [3.8, 4) is 5.75 Å². The van der Waals surface area contributed by atoms with E-state index in [1.807, 2.05) is 58.0 Å². The molecule has 2 aromatic rings. The standard InChI is InChI=1S/C23H28N2O5/c1-14-9-10-19(11-17(14)4)29-13-21(27)30-18(5)23(28)24-12-20(26)25-22-15(2)7-6-8-16(22)3/h6-11,18H,12-13H2,1-5H3,(H,24,28)(H,25,26). The summed E-state index contributed by atoms with van der Waals surface area (Å²) in [5.41, 5.74) is 4.76. The number of benzene rings is 2. The smallest absolute Gasteiger partial charge is 0.344 e. The van der Waals surface area contributed by atoms with Crippen molar-refractivity contribution in [3.63, 3.8) is 0 Å². The van der Waals surface area contributed by atoms with Gasteiger partial charge in [-0.1, -0.05) is 24.3 Å². The lowest BCUT2D eigenvalue weighted by Gasteiger charge is -2.15. The molecule has 0 radical (unpaired) electrons. The highest BCUT2D eigenvalue weighted by molar-refractivity contribution is 5.96. The molecule has 1 atom stereocenters. The van der Waals surface area contributed by atoms with Gasteiger partial charge < -0.3 is 20.1 Å². The molecule has 1 unspecified atom stereocenters. The van der Waals surface area contributed by atoms with Gasteiger partial charge in [0.15, 0.2) is 12.7 Å². The summed E-state index contributed by atoms with van der Waals surface area (Å²) < 4.78 is 10.5. The first-order valence-electron chi connectivity index (χ1n) is 9.70. The Morgan fingerprint density at radius 1 is 0.933 bits per heavy atom. The van der Waals surface area contributed by atoms with Crippen molar-refractivity contribution in [1.82, 2.24) is 5.32 Å². The van der Waals surface area contributed by atoms with Crippen LogP contribution in [0.15, 0.2) is 36.4 Å². The lowest BCUT2D eigenvalue weighted by atomic mass is 10.1. The molecule has 0 fully saturated rings. The highest BCUT2D eigenvalue weighted by atomic mass is 16.6. The van der Waals surface area contributed by atoms with Crippen molar-refractivity contribution in [2.45, 2.75) is 40.7 Å². The molecule has 30 heavy (non-hydrogen) atoms. The molecule has 160 valence electrons. The number of nitrogens with one attached hydrogen (secondary N) is 2. The van der Waals surface area contributed by atoms with E-state index in [-0.39, 0.29) is 19.1 Å². The van der Waals surface area contributed by atoms with Crippen molar-refractivity contribution in [3.05, 3.63) is 58.7 Å². The minimum absolute atomic E-state index is 0.229. The molecule has 0 saturated carbocycles. The van der Waals surface area contributed by atoms with E-state index < -0.39 is 18.0 Å². The minimum atomic E-state index is -1.05. The van der Waals surface area contributed by atoms with Crippen LogP contribution in [0.5, 0.6) is 5.75 Å². The monoisotopic (exact) mass is 412 g/mol. The average molecular weight is 412 g/mol. The Morgan fingerprint density at radius 2 is 1.60 bits per heavy atom. The van der Waals surface area contributed by atoms with Crippen LogP contribution in [0.4, 0.5) is 5.69 Å². The number of aryl methyl sites for hydroxylation is 4. The van der Waals surface area contributed by atoms with E-state index in [1.165, 1.54) is 6.92 Å². The van der Waals surface area contributed by atoms with Gasteiger partial charge in [-0.25, -0.2) is 4.79 Å². The molecule has 0 saturated heterocycles. The second kappa shape index (κ2) is 10.4. The molecule has 0 aliphatic rings. The number of ether oxygens (including phenoxy) is 2. The number of rotatable bonds is 8. The van der Waals surface area contributed by atoms with Gasteiger partial charge in [0, 0.05) is 5.69 Å². The van der Waals surface area contributed by atoms with E-state index in [1.54, 1.807) is 6.07 Å². The van der Waals surface area contributed by atoms with Gasteiger partial charge in [-0.05, 0) is 69.0 Å². The number of carbonyl (C=O) groups is 3. The molecular formula is C23H28N2O5. The summed E-state index contributed by atoms with van der Waals surface area (Å²) in [5.74, 6) is -1.05. The van der Waals surface area contributed by atoms with Crippen molar-refractivity contribution in [2.24, 2.45) is 0 Å². The quantitative estimate of drug-likeness (QED) is 0.650. The predicted octanol–water partition coefficient (Wildman–Crippen LogP) is 2.99. The fraction of sp³-hybridized carbons (Fsp3) is 0.348. The van der Waals surface area contributed by atoms with E-state index in [2.05, 4.69) is 10.6 Å². The second-order valence-corrected chi connectivity index (χ2v) is 7.20. The van der Waals surface area contributed by atoms with Crippen LogP contribution in [0.25, 0.3) is 0 Å². The zero-order chi connectivity index (χ0) is 22.3. The fourth-order valence-corrected chi connectivity index (χ4v) is 2.74. The van der Waals surface area contributed by atoms with Crippen LogP contribution in [0, 0.1) is 27.7 Å². The molecule has 0 bridgehead atoms. The molecule has 0 aromatic heterocycles. The number of anilines is 1. The highest BCUT2D eigenvalue weighted by Crippen LogP contribution is 2.19. The van der Waals surface area contributed by atoms with Crippen LogP contribution in [-0.2, 0) is 19.1 Å². The normalized spacial score (nSPS) is 11.4. The van der Waals surface area contributed by atoms with Gasteiger partial charge in [0.2, 0.25) is 5.91 Å². The Morgan fingerprint density at radius 3 is 2.23 bits per heavy atom. The van der Waals surface area contributed by atoms with Crippen LogP contribution in [-0.4, -0.2) is 37.0 Å². The number of hydrogen-bond acceptors (Lipinski definition) is 5.